The molecule has 2 aromatic rings. The highest BCUT2D eigenvalue weighted by Crippen LogP contribution is 2.10. The Balaban J connectivity index is 1.86. The summed E-state index contributed by atoms with van der Waals surface area (Å²) in [7, 11) is 3.98. The molecular weight excluding hydrogens is 274 g/mol. The highest BCUT2D eigenvalue weighted by molar-refractivity contribution is 5.92. The molecule has 0 radical (unpaired) electrons. The molecule has 2 aromatic carbocycles. The van der Waals surface area contributed by atoms with Crippen molar-refractivity contribution in [3.05, 3.63) is 71.8 Å². The fraction of sp³-hybridized carbons (Fsp3) is 0.111. The van der Waals surface area contributed by atoms with Crippen molar-refractivity contribution >= 4 is 23.9 Å². The van der Waals surface area contributed by atoms with Crippen molar-refractivity contribution in [1.82, 2.24) is 5.43 Å². The molecular formula is C18H19N3O. The zero-order valence-electron chi connectivity index (χ0n) is 12.7. The minimum atomic E-state index is -0.259. The lowest BCUT2D eigenvalue weighted by atomic mass is 10.2. The van der Waals surface area contributed by atoms with E-state index in [0.717, 1.165) is 16.8 Å². The molecule has 1 amide bonds. The van der Waals surface area contributed by atoms with E-state index >= 15 is 0 Å². The molecule has 0 saturated heterocycles. The van der Waals surface area contributed by atoms with Crippen LogP contribution in [0.5, 0.6) is 0 Å². The third-order valence-electron chi connectivity index (χ3n) is 3.02. The zero-order chi connectivity index (χ0) is 15.8. The van der Waals surface area contributed by atoms with Gasteiger partial charge in [0.25, 0.3) is 5.91 Å². The van der Waals surface area contributed by atoms with Crippen LogP contribution in [0.3, 0.4) is 0 Å². The standard InChI is InChI=1S/C18H19N3O/c1-21(2)17-11-8-16(9-12-17)14-19-20-18(22)13-10-15-6-4-3-5-7-15/h3-14H,1-2H3,(H,20,22)/b13-10+,19-14+. The van der Waals surface area contributed by atoms with Gasteiger partial charge in [-0.15, -0.1) is 0 Å². The summed E-state index contributed by atoms with van der Waals surface area (Å²) < 4.78 is 0. The molecule has 0 aliphatic heterocycles. The maximum absolute atomic E-state index is 11.6. The number of hydrazone groups is 1. The van der Waals surface area contributed by atoms with Gasteiger partial charge in [0.1, 0.15) is 0 Å². The van der Waals surface area contributed by atoms with Crippen LogP contribution in [0.4, 0.5) is 5.69 Å². The normalized spacial score (nSPS) is 11.0. The Morgan fingerprint density at radius 3 is 2.32 bits per heavy atom. The molecule has 0 aromatic heterocycles. The minimum absolute atomic E-state index is 0.259. The van der Waals surface area contributed by atoms with Crippen molar-refractivity contribution in [2.45, 2.75) is 0 Å². The molecule has 0 saturated carbocycles. The molecule has 2 rings (SSSR count). The van der Waals surface area contributed by atoms with Crippen LogP contribution in [0.15, 0.2) is 65.8 Å². The number of rotatable bonds is 5. The molecule has 0 fully saturated rings. The summed E-state index contributed by atoms with van der Waals surface area (Å²) in [5, 5.41) is 3.94. The van der Waals surface area contributed by atoms with Gasteiger partial charge >= 0.3 is 0 Å². The molecule has 1 N–H and O–H groups in total. The van der Waals surface area contributed by atoms with Gasteiger partial charge in [-0.3, -0.25) is 4.79 Å². The van der Waals surface area contributed by atoms with Gasteiger partial charge in [0.05, 0.1) is 6.21 Å². The average molecular weight is 293 g/mol. The van der Waals surface area contributed by atoms with E-state index in [1.165, 1.54) is 6.08 Å². The highest BCUT2D eigenvalue weighted by atomic mass is 16.2. The predicted octanol–water partition coefficient (Wildman–Crippen LogP) is 2.92. The monoisotopic (exact) mass is 293 g/mol. The predicted molar refractivity (Wildman–Crippen MR) is 92.0 cm³/mol. The number of hydrogen-bond donors (Lipinski definition) is 1. The summed E-state index contributed by atoms with van der Waals surface area (Å²) in [5.74, 6) is -0.259. The molecule has 0 atom stereocenters. The summed E-state index contributed by atoms with van der Waals surface area (Å²) in [6.45, 7) is 0. The number of amides is 1. The molecule has 112 valence electrons. The van der Waals surface area contributed by atoms with Crippen LogP contribution >= 0.6 is 0 Å². The summed E-state index contributed by atoms with van der Waals surface area (Å²) in [4.78, 5) is 13.7. The van der Waals surface area contributed by atoms with Crippen LogP contribution in [0.25, 0.3) is 6.08 Å². The summed E-state index contributed by atoms with van der Waals surface area (Å²) >= 11 is 0. The molecule has 22 heavy (non-hydrogen) atoms. The van der Waals surface area contributed by atoms with Crippen LogP contribution in [0, 0.1) is 0 Å². The van der Waals surface area contributed by atoms with E-state index in [-0.39, 0.29) is 5.91 Å². The number of nitrogens with zero attached hydrogens (tertiary/aromatic N) is 2. The van der Waals surface area contributed by atoms with Crippen LogP contribution in [-0.4, -0.2) is 26.2 Å². The second-order valence-corrected chi connectivity index (χ2v) is 4.96. The third kappa shape index (κ3) is 4.90. The molecule has 0 heterocycles. The van der Waals surface area contributed by atoms with Crippen molar-refractivity contribution < 1.29 is 4.79 Å². The van der Waals surface area contributed by atoms with E-state index in [1.54, 1.807) is 12.3 Å². The number of carbonyl (C=O) groups excluding carboxylic acids is 1. The smallest absolute Gasteiger partial charge is 0.264 e. The number of benzene rings is 2. The fourth-order valence-corrected chi connectivity index (χ4v) is 1.80. The van der Waals surface area contributed by atoms with Crippen molar-refractivity contribution in [2.75, 3.05) is 19.0 Å². The lowest BCUT2D eigenvalue weighted by Crippen LogP contribution is -2.14. The van der Waals surface area contributed by atoms with E-state index < -0.39 is 0 Å². The molecule has 0 aliphatic rings. The summed E-state index contributed by atoms with van der Waals surface area (Å²) in [6, 6.07) is 17.5. The Bertz CT molecular complexity index is 658. The van der Waals surface area contributed by atoms with Gasteiger partial charge in [-0.2, -0.15) is 5.10 Å². The number of hydrogen-bond acceptors (Lipinski definition) is 3. The molecule has 4 nitrogen and oxygen atoms in total. The second-order valence-electron chi connectivity index (χ2n) is 4.96. The van der Waals surface area contributed by atoms with Gasteiger partial charge in [0, 0.05) is 25.9 Å². The maximum Gasteiger partial charge on any atom is 0.264 e. The molecule has 0 bridgehead atoms. The van der Waals surface area contributed by atoms with Crippen molar-refractivity contribution in [1.29, 1.82) is 0 Å². The van der Waals surface area contributed by atoms with Gasteiger partial charge in [0.15, 0.2) is 0 Å². The first kappa shape index (κ1) is 15.5. The van der Waals surface area contributed by atoms with Crippen LogP contribution < -0.4 is 10.3 Å². The van der Waals surface area contributed by atoms with Crippen molar-refractivity contribution in [3.63, 3.8) is 0 Å². The zero-order valence-corrected chi connectivity index (χ0v) is 12.7. The Kier molecular flexibility index (Phi) is 5.49. The fourth-order valence-electron chi connectivity index (χ4n) is 1.80. The molecule has 0 spiro atoms. The summed E-state index contributed by atoms with van der Waals surface area (Å²) in [5.41, 5.74) is 5.49. The highest BCUT2D eigenvalue weighted by Gasteiger charge is 1.95. The van der Waals surface area contributed by atoms with Crippen LogP contribution in [0.1, 0.15) is 11.1 Å². The first-order valence-corrected chi connectivity index (χ1v) is 6.99. The van der Waals surface area contributed by atoms with Gasteiger partial charge in [0.2, 0.25) is 0 Å². The second kappa shape index (κ2) is 7.78. The van der Waals surface area contributed by atoms with Gasteiger partial charge < -0.3 is 4.90 Å². The van der Waals surface area contributed by atoms with Gasteiger partial charge in [-0.05, 0) is 29.3 Å². The van der Waals surface area contributed by atoms with E-state index in [0.29, 0.717) is 0 Å². The lowest BCUT2D eigenvalue weighted by molar-refractivity contribution is -0.116. The SMILES string of the molecule is CN(C)c1ccc(/C=N/NC(=O)/C=C/c2ccccc2)cc1. The Hall–Kier alpha value is -2.88. The average Bonchev–Trinajstić information content (AvgIpc) is 2.54. The van der Waals surface area contributed by atoms with E-state index in [2.05, 4.69) is 10.5 Å². The Morgan fingerprint density at radius 1 is 1.00 bits per heavy atom. The number of anilines is 1. The van der Waals surface area contributed by atoms with Crippen molar-refractivity contribution in [2.24, 2.45) is 5.10 Å². The van der Waals surface area contributed by atoms with Gasteiger partial charge in [-0.1, -0.05) is 42.5 Å². The Labute approximate surface area is 130 Å². The largest absolute Gasteiger partial charge is 0.378 e. The minimum Gasteiger partial charge on any atom is -0.378 e. The first-order valence-electron chi connectivity index (χ1n) is 6.99. The van der Waals surface area contributed by atoms with E-state index in [9.17, 15) is 4.79 Å². The Morgan fingerprint density at radius 2 is 1.68 bits per heavy atom. The van der Waals surface area contributed by atoms with Crippen LogP contribution in [0.2, 0.25) is 0 Å². The number of carbonyl (C=O) groups is 1. The van der Waals surface area contributed by atoms with E-state index in [1.807, 2.05) is 73.6 Å². The molecule has 0 unspecified atom stereocenters. The third-order valence-corrected chi connectivity index (χ3v) is 3.02. The van der Waals surface area contributed by atoms with Crippen molar-refractivity contribution in [3.8, 4) is 0 Å². The number of nitrogens with one attached hydrogen (secondary N) is 1. The maximum atomic E-state index is 11.6. The molecule has 0 aliphatic carbocycles. The first-order chi connectivity index (χ1) is 10.6. The molecule has 4 heteroatoms. The van der Waals surface area contributed by atoms with Gasteiger partial charge in [-0.25, -0.2) is 5.43 Å². The van der Waals surface area contributed by atoms with E-state index in [4.69, 9.17) is 0 Å². The topological polar surface area (TPSA) is 44.7 Å². The lowest BCUT2D eigenvalue weighted by Gasteiger charge is -2.11. The summed E-state index contributed by atoms with van der Waals surface area (Å²) in [6.07, 6.45) is 4.83. The quantitative estimate of drug-likeness (QED) is 0.523. The van der Waals surface area contributed by atoms with Crippen LogP contribution in [-0.2, 0) is 4.79 Å².